The van der Waals surface area contributed by atoms with E-state index in [4.69, 9.17) is 18.6 Å². The fourth-order valence-electron chi connectivity index (χ4n) is 1.89. The number of hydrogen-bond acceptors (Lipinski definition) is 6. The van der Waals surface area contributed by atoms with Crippen LogP contribution in [0.5, 0.6) is 0 Å². The van der Waals surface area contributed by atoms with Crippen LogP contribution in [-0.4, -0.2) is 23.9 Å². The van der Waals surface area contributed by atoms with Crippen molar-refractivity contribution in [1.29, 1.82) is 0 Å². The highest BCUT2D eigenvalue weighted by Gasteiger charge is 2.41. The van der Waals surface area contributed by atoms with Gasteiger partial charge >= 0.3 is 7.60 Å². The molecule has 0 aromatic carbocycles. The van der Waals surface area contributed by atoms with Crippen molar-refractivity contribution in [3.05, 3.63) is 23.7 Å². The number of nitrogens with one attached hydrogen (secondary N) is 1. The summed E-state index contributed by atoms with van der Waals surface area (Å²) >= 11 is 0. The second-order valence-corrected chi connectivity index (χ2v) is 7.75. The molecule has 0 amide bonds. The van der Waals surface area contributed by atoms with E-state index in [-0.39, 0.29) is 25.4 Å². The molecule has 7 heteroatoms. The van der Waals surface area contributed by atoms with Gasteiger partial charge in [-0.3, -0.25) is 9.88 Å². The summed E-state index contributed by atoms with van der Waals surface area (Å²) in [5.74, 6) is 0.113. The third-order valence-corrected chi connectivity index (χ3v) is 4.86. The van der Waals surface area contributed by atoms with Crippen molar-refractivity contribution >= 4 is 7.60 Å². The van der Waals surface area contributed by atoms with Crippen molar-refractivity contribution in [3.63, 3.8) is 0 Å². The molecule has 122 valence electrons. The monoisotopic (exact) mass is 319 g/mol. The molecule has 0 saturated carbocycles. The number of aliphatic hydroxyl groups is 1. The van der Waals surface area contributed by atoms with E-state index in [0.717, 1.165) is 0 Å². The Bertz CT molecular complexity index is 470. The van der Waals surface area contributed by atoms with Crippen LogP contribution in [0, 0.1) is 0 Å². The number of hydrogen-bond donors (Lipinski definition) is 2. The van der Waals surface area contributed by atoms with E-state index in [1.807, 2.05) is 20.8 Å². The Morgan fingerprint density at radius 2 is 1.86 bits per heavy atom. The molecule has 1 unspecified atom stereocenters. The van der Waals surface area contributed by atoms with Gasteiger partial charge in [0.1, 0.15) is 18.1 Å². The van der Waals surface area contributed by atoms with Crippen molar-refractivity contribution in [2.24, 2.45) is 0 Å². The smallest absolute Gasteiger partial charge is 0.355 e. The SMILES string of the molecule is CCOP(=O)(OCC)C(NC(C)(C)C)c1ccc(CO)o1. The van der Waals surface area contributed by atoms with E-state index in [1.54, 1.807) is 26.0 Å². The lowest BCUT2D eigenvalue weighted by atomic mass is 10.1. The third-order valence-electron chi connectivity index (χ3n) is 2.61. The van der Waals surface area contributed by atoms with Gasteiger partial charge in [-0.15, -0.1) is 0 Å². The van der Waals surface area contributed by atoms with Crippen molar-refractivity contribution < 1.29 is 23.1 Å². The van der Waals surface area contributed by atoms with Crippen LogP contribution >= 0.6 is 7.60 Å². The van der Waals surface area contributed by atoms with E-state index in [0.29, 0.717) is 11.5 Å². The highest BCUT2D eigenvalue weighted by molar-refractivity contribution is 7.54. The summed E-state index contributed by atoms with van der Waals surface area (Å²) in [5.41, 5.74) is -0.319. The van der Waals surface area contributed by atoms with Gasteiger partial charge in [0.2, 0.25) is 0 Å². The Hall–Kier alpha value is -0.650. The molecular formula is C14H26NO5P. The summed E-state index contributed by atoms with van der Waals surface area (Å²) in [5, 5.41) is 12.4. The lowest BCUT2D eigenvalue weighted by molar-refractivity contribution is 0.192. The highest BCUT2D eigenvalue weighted by atomic mass is 31.2. The molecule has 2 N–H and O–H groups in total. The molecule has 0 spiro atoms. The first kappa shape index (κ1) is 18.4. The summed E-state index contributed by atoms with van der Waals surface area (Å²) in [6.07, 6.45) is 0. The first-order valence-electron chi connectivity index (χ1n) is 7.11. The van der Waals surface area contributed by atoms with Crippen LogP contribution in [0.2, 0.25) is 0 Å². The van der Waals surface area contributed by atoms with Crippen molar-refractivity contribution in [1.82, 2.24) is 5.32 Å². The van der Waals surface area contributed by atoms with Gasteiger partial charge in [0.05, 0.1) is 13.2 Å². The average Bonchev–Trinajstić information content (AvgIpc) is 2.84. The molecule has 1 atom stereocenters. The zero-order valence-electron chi connectivity index (χ0n) is 13.4. The fraction of sp³-hybridized carbons (Fsp3) is 0.714. The highest BCUT2D eigenvalue weighted by Crippen LogP contribution is 2.60. The molecule has 0 saturated heterocycles. The minimum Gasteiger partial charge on any atom is -0.461 e. The zero-order valence-corrected chi connectivity index (χ0v) is 14.3. The van der Waals surface area contributed by atoms with Gasteiger partial charge in [-0.1, -0.05) is 0 Å². The van der Waals surface area contributed by atoms with Crippen LogP contribution in [0.25, 0.3) is 0 Å². The molecule has 0 bridgehead atoms. The van der Waals surface area contributed by atoms with E-state index < -0.39 is 13.4 Å². The molecule has 0 aliphatic rings. The normalized spacial score (nSPS) is 14.4. The Morgan fingerprint density at radius 1 is 1.29 bits per heavy atom. The Balaban J connectivity index is 3.19. The maximum atomic E-state index is 13.1. The predicted molar refractivity (Wildman–Crippen MR) is 81.1 cm³/mol. The largest absolute Gasteiger partial charge is 0.461 e. The molecule has 1 heterocycles. The average molecular weight is 319 g/mol. The summed E-state index contributed by atoms with van der Waals surface area (Å²) < 4.78 is 29.4. The summed E-state index contributed by atoms with van der Waals surface area (Å²) in [6, 6.07) is 3.33. The predicted octanol–water partition coefficient (Wildman–Crippen LogP) is 3.42. The van der Waals surface area contributed by atoms with E-state index in [9.17, 15) is 4.57 Å². The summed E-state index contributed by atoms with van der Waals surface area (Å²) in [6.45, 7) is 9.73. The van der Waals surface area contributed by atoms with Gasteiger partial charge in [-0.05, 0) is 46.8 Å². The molecule has 21 heavy (non-hydrogen) atoms. The summed E-state index contributed by atoms with van der Waals surface area (Å²) in [4.78, 5) is 0. The molecule has 0 aliphatic carbocycles. The first-order chi connectivity index (χ1) is 9.75. The van der Waals surface area contributed by atoms with Crippen LogP contribution < -0.4 is 5.32 Å². The third kappa shape index (κ3) is 5.24. The molecule has 1 rings (SSSR count). The Labute approximate surface area is 126 Å². The minimum atomic E-state index is -3.43. The molecule has 6 nitrogen and oxygen atoms in total. The number of furan rings is 1. The molecule has 0 fully saturated rings. The van der Waals surface area contributed by atoms with E-state index in [1.165, 1.54) is 0 Å². The second-order valence-electron chi connectivity index (χ2n) is 5.63. The second kappa shape index (κ2) is 7.56. The maximum absolute atomic E-state index is 13.1. The van der Waals surface area contributed by atoms with Crippen LogP contribution in [0.1, 0.15) is 51.9 Å². The van der Waals surface area contributed by atoms with Gasteiger partial charge in [0, 0.05) is 5.54 Å². The minimum absolute atomic E-state index is 0.212. The van der Waals surface area contributed by atoms with E-state index >= 15 is 0 Å². The molecule has 1 aromatic heterocycles. The first-order valence-corrected chi connectivity index (χ1v) is 8.73. The van der Waals surface area contributed by atoms with Crippen molar-refractivity contribution in [3.8, 4) is 0 Å². The van der Waals surface area contributed by atoms with Crippen LogP contribution in [0.4, 0.5) is 0 Å². The molecular weight excluding hydrogens is 293 g/mol. The van der Waals surface area contributed by atoms with Crippen molar-refractivity contribution in [2.45, 2.75) is 52.5 Å². The van der Waals surface area contributed by atoms with Crippen LogP contribution in [0.3, 0.4) is 0 Å². The van der Waals surface area contributed by atoms with Gasteiger partial charge < -0.3 is 18.6 Å². The summed E-state index contributed by atoms with van der Waals surface area (Å²) in [7, 11) is -3.43. The fourth-order valence-corrected chi connectivity index (χ4v) is 3.98. The van der Waals surface area contributed by atoms with Crippen LogP contribution in [-0.2, 0) is 20.2 Å². The lowest BCUT2D eigenvalue weighted by Gasteiger charge is -2.31. The molecule has 1 aromatic rings. The Morgan fingerprint density at radius 3 is 2.24 bits per heavy atom. The van der Waals surface area contributed by atoms with Gasteiger partial charge in [0.25, 0.3) is 0 Å². The zero-order chi connectivity index (χ0) is 16.1. The van der Waals surface area contributed by atoms with Gasteiger partial charge in [-0.2, -0.15) is 0 Å². The number of aliphatic hydroxyl groups excluding tert-OH is 1. The quantitative estimate of drug-likeness (QED) is 0.715. The number of rotatable bonds is 8. The Kier molecular flexibility index (Phi) is 6.63. The molecule has 0 aliphatic heterocycles. The van der Waals surface area contributed by atoms with Crippen molar-refractivity contribution in [2.75, 3.05) is 13.2 Å². The van der Waals surface area contributed by atoms with E-state index in [2.05, 4.69) is 5.32 Å². The standard InChI is InChI=1S/C14H26NO5P/c1-6-18-21(17,19-7-2)13(15-14(3,4)5)12-9-8-11(10-16)20-12/h8-9,13,15-16H,6-7,10H2,1-5H3. The lowest BCUT2D eigenvalue weighted by Crippen LogP contribution is -2.39. The molecule has 0 radical (unpaired) electrons. The van der Waals surface area contributed by atoms with Crippen LogP contribution in [0.15, 0.2) is 16.5 Å². The maximum Gasteiger partial charge on any atom is 0.355 e. The van der Waals surface area contributed by atoms with Gasteiger partial charge in [-0.25, -0.2) is 0 Å². The van der Waals surface area contributed by atoms with Gasteiger partial charge in [0.15, 0.2) is 5.78 Å². The topological polar surface area (TPSA) is 80.9 Å².